The minimum atomic E-state index is -1.06. The standard InChI is InChI=1S/C29H29FN4O4/c1-20-7-6-8-21(17-20)27(36)34-25(26(35)32-18-22-9-4-5-14-31-22)19-38-29(34)12-15-33(16-13-29)28(37)23-10-2-3-11-24(23)30/h2-11,14,17,25H,12-13,15-16,18-19H2,1H3,(H,32,35)/t25-/m1/s1. The zero-order chi connectivity index (χ0) is 26.7. The van der Waals surface area contributed by atoms with Gasteiger partial charge in [0.2, 0.25) is 5.91 Å². The van der Waals surface area contributed by atoms with Gasteiger partial charge in [0.25, 0.3) is 11.8 Å². The molecular formula is C29H29FN4O4. The van der Waals surface area contributed by atoms with Gasteiger partial charge in [-0.1, -0.05) is 35.9 Å². The topological polar surface area (TPSA) is 91.8 Å². The highest BCUT2D eigenvalue weighted by molar-refractivity contribution is 5.99. The number of hydrogen-bond donors (Lipinski definition) is 1. The molecule has 0 radical (unpaired) electrons. The van der Waals surface area contributed by atoms with E-state index in [0.717, 1.165) is 5.56 Å². The van der Waals surface area contributed by atoms with Crippen molar-refractivity contribution in [3.63, 3.8) is 0 Å². The van der Waals surface area contributed by atoms with Gasteiger partial charge in [-0.25, -0.2) is 4.39 Å². The number of carbonyl (C=O) groups is 3. The second-order valence-corrected chi connectivity index (χ2v) is 9.63. The Morgan fingerprint density at radius 1 is 1.03 bits per heavy atom. The van der Waals surface area contributed by atoms with Crippen LogP contribution in [0.2, 0.25) is 0 Å². The summed E-state index contributed by atoms with van der Waals surface area (Å²) in [6.45, 7) is 2.67. The van der Waals surface area contributed by atoms with Gasteiger partial charge < -0.3 is 15.0 Å². The first-order valence-electron chi connectivity index (χ1n) is 12.6. The number of aromatic nitrogens is 1. The van der Waals surface area contributed by atoms with Gasteiger partial charge in [0.15, 0.2) is 0 Å². The number of pyridine rings is 1. The number of likely N-dealkylation sites (tertiary alicyclic amines) is 1. The van der Waals surface area contributed by atoms with Gasteiger partial charge in [-0.05, 0) is 43.3 Å². The lowest BCUT2D eigenvalue weighted by molar-refractivity contribution is -0.128. The van der Waals surface area contributed by atoms with Gasteiger partial charge >= 0.3 is 0 Å². The Bertz CT molecular complexity index is 1340. The van der Waals surface area contributed by atoms with E-state index >= 15 is 0 Å². The Morgan fingerprint density at radius 3 is 2.50 bits per heavy atom. The molecule has 1 atom stereocenters. The maximum absolute atomic E-state index is 14.2. The summed E-state index contributed by atoms with van der Waals surface area (Å²) in [4.78, 5) is 47.5. The molecule has 0 bridgehead atoms. The second-order valence-electron chi connectivity index (χ2n) is 9.63. The van der Waals surface area contributed by atoms with Gasteiger partial charge in [-0.3, -0.25) is 24.3 Å². The van der Waals surface area contributed by atoms with E-state index < -0.39 is 23.5 Å². The zero-order valence-electron chi connectivity index (χ0n) is 21.1. The fraction of sp³-hybridized carbons (Fsp3) is 0.310. The molecule has 2 aliphatic heterocycles. The van der Waals surface area contributed by atoms with Crippen LogP contribution >= 0.6 is 0 Å². The summed E-state index contributed by atoms with van der Waals surface area (Å²) >= 11 is 0. The van der Waals surface area contributed by atoms with Gasteiger partial charge in [0.1, 0.15) is 17.6 Å². The number of carbonyl (C=O) groups excluding carboxylic acids is 3. The molecule has 0 unspecified atom stereocenters. The number of halogens is 1. The highest BCUT2D eigenvalue weighted by atomic mass is 19.1. The van der Waals surface area contributed by atoms with Crippen LogP contribution in [0.5, 0.6) is 0 Å². The molecule has 8 nitrogen and oxygen atoms in total. The van der Waals surface area contributed by atoms with Crippen molar-refractivity contribution in [2.45, 2.75) is 38.1 Å². The molecule has 1 N–H and O–H groups in total. The van der Waals surface area contributed by atoms with E-state index in [2.05, 4.69) is 10.3 Å². The minimum Gasteiger partial charge on any atom is -0.353 e. The van der Waals surface area contributed by atoms with Crippen molar-refractivity contribution in [2.75, 3.05) is 19.7 Å². The largest absolute Gasteiger partial charge is 0.353 e. The van der Waals surface area contributed by atoms with E-state index in [-0.39, 0.29) is 43.6 Å². The lowest BCUT2D eigenvalue weighted by atomic mass is 9.95. The van der Waals surface area contributed by atoms with Crippen LogP contribution in [-0.4, -0.2) is 64.0 Å². The molecule has 38 heavy (non-hydrogen) atoms. The maximum Gasteiger partial charge on any atom is 0.256 e. The first kappa shape index (κ1) is 25.5. The van der Waals surface area contributed by atoms with Gasteiger partial charge in [-0.15, -0.1) is 0 Å². The summed E-state index contributed by atoms with van der Waals surface area (Å²) < 4.78 is 20.5. The number of piperidine rings is 1. The number of nitrogens with zero attached hydrogens (tertiary/aromatic N) is 3. The number of hydrogen-bond acceptors (Lipinski definition) is 5. The van der Waals surface area contributed by atoms with Gasteiger partial charge in [-0.2, -0.15) is 0 Å². The molecule has 0 saturated carbocycles. The van der Waals surface area contributed by atoms with Crippen molar-refractivity contribution in [3.05, 3.63) is 101 Å². The average molecular weight is 517 g/mol. The van der Waals surface area contributed by atoms with Gasteiger partial charge in [0.05, 0.1) is 24.4 Å². The van der Waals surface area contributed by atoms with E-state index in [1.807, 2.05) is 25.1 Å². The zero-order valence-corrected chi connectivity index (χ0v) is 21.1. The third-order valence-corrected chi connectivity index (χ3v) is 7.15. The van der Waals surface area contributed by atoms with E-state index in [1.54, 1.807) is 46.3 Å². The van der Waals surface area contributed by atoms with Crippen LogP contribution in [-0.2, 0) is 16.1 Å². The molecule has 0 aliphatic carbocycles. The number of nitrogens with one attached hydrogen (secondary N) is 1. The van der Waals surface area contributed by atoms with Crippen molar-refractivity contribution in [3.8, 4) is 0 Å². The van der Waals surface area contributed by atoms with Crippen LogP contribution in [0, 0.1) is 12.7 Å². The Kier molecular flexibility index (Phi) is 7.20. The number of ether oxygens (including phenoxy) is 1. The normalized spacial score (nSPS) is 18.4. The predicted molar refractivity (Wildman–Crippen MR) is 137 cm³/mol. The molecule has 196 valence electrons. The molecule has 3 heterocycles. The number of rotatable bonds is 5. The average Bonchev–Trinajstić information content (AvgIpc) is 3.30. The third-order valence-electron chi connectivity index (χ3n) is 7.15. The minimum absolute atomic E-state index is 0.00950. The van der Waals surface area contributed by atoms with E-state index in [4.69, 9.17) is 4.74 Å². The summed E-state index contributed by atoms with van der Waals surface area (Å²) in [5.74, 6) is -1.62. The summed E-state index contributed by atoms with van der Waals surface area (Å²) in [7, 11) is 0. The molecule has 2 saturated heterocycles. The van der Waals surface area contributed by atoms with Crippen molar-refractivity contribution >= 4 is 17.7 Å². The highest BCUT2D eigenvalue weighted by Gasteiger charge is 2.54. The first-order valence-corrected chi connectivity index (χ1v) is 12.6. The van der Waals surface area contributed by atoms with Crippen molar-refractivity contribution in [1.29, 1.82) is 0 Å². The fourth-order valence-corrected chi connectivity index (χ4v) is 5.15. The smallest absolute Gasteiger partial charge is 0.256 e. The predicted octanol–water partition coefficient (Wildman–Crippen LogP) is 3.32. The van der Waals surface area contributed by atoms with E-state index in [9.17, 15) is 18.8 Å². The van der Waals surface area contributed by atoms with E-state index in [0.29, 0.717) is 24.1 Å². The maximum atomic E-state index is 14.2. The highest BCUT2D eigenvalue weighted by Crippen LogP contribution is 2.39. The second kappa shape index (κ2) is 10.7. The Balaban J connectivity index is 1.37. The first-order chi connectivity index (χ1) is 18.4. The quantitative estimate of drug-likeness (QED) is 0.562. The van der Waals surface area contributed by atoms with E-state index in [1.165, 1.54) is 18.2 Å². The number of aryl methyl sites for hydroxylation is 1. The molecule has 1 spiro atoms. The summed E-state index contributed by atoms with van der Waals surface area (Å²) in [6, 6.07) is 17.7. The summed E-state index contributed by atoms with van der Waals surface area (Å²) in [6.07, 6.45) is 2.25. The molecule has 2 aliphatic rings. The van der Waals surface area contributed by atoms with Crippen molar-refractivity contribution < 1.29 is 23.5 Å². The van der Waals surface area contributed by atoms with Crippen LogP contribution in [0.1, 0.15) is 44.8 Å². The molecule has 3 aromatic rings. The van der Waals surface area contributed by atoms with Crippen LogP contribution in [0.15, 0.2) is 72.9 Å². The molecule has 2 aromatic carbocycles. The lowest BCUT2D eigenvalue weighted by Crippen LogP contribution is -2.59. The Morgan fingerprint density at radius 2 is 1.79 bits per heavy atom. The summed E-state index contributed by atoms with van der Waals surface area (Å²) in [5.41, 5.74) is 1.04. The number of benzene rings is 2. The molecular weight excluding hydrogens is 487 g/mol. The molecule has 9 heteroatoms. The monoisotopic (exact) mass is 516 g/mol. The van der Waals surface area contributed by atoms with Crippen LogP contribution in [0.3, 0.4) is 0 Å². The molecule has 1 aromatic heterocycles. The van der Waals surface area contributed by atoms with Crippen LogP contribution < -0.4 is 5.32 Å². The third kappa shape index (κ3) is 5.02. The lowest BCUT2D eigenvalue weighted by Gasteiger charge is -2.44. The fourth-order valence-electron chi connectivity index (χ4n) is 5.15. The molecule has 2 fully saturated rings. The Labute approximate surface area is 220 Å². The van der Waals surface area contributed by atoms with Gasteiger partial charge in [0, 0.05) is 37.7 Å². The van der Waals surface area contributed by atoms with Crippen LogP contribution in [0.4, 0.5) is 4.39 Å². The molecule has 3 amide bonds. The van der Waals surface area contributed by atoms with Crippen LogP contribution in [0.25, 0.3) is 0 Å². The Hall–Kier alpha value is -4.11. The van der Waals surface area contributed by atoms with Crippen molar-refractivity contribution in [2.24, 2.45) is 0 Å². The SMILES string of the molecule is Cc1cccc(C(=O)N2[C@@H](C(=O)NCc3ccccn3)COC23CCN(C(=O)c2ccccc2F)CC3)c1. The molecule has 5 rings (SSSR count). The number of amides is 3. The van der Waals surface area contributed by atoms with Crippen molar-refractivity contribution in [1.82, 2.24) is 20.1 Å². The summed E-state index contributed by atoms with van der Waals surface area (Å²) in [5, 5.41) is 2.88.